The van der Waals surface area contributed by atoms with Crippen LogP contribution in [-0.4, -0.2) is 105 Å². The predicted octanol–water partition coefficient (Wildman–Crippen LogP) is 3.83. The van der Waals surface area contributed by atoms with Crippen molar-refractivity contribution in [1.82, 2.24) is 16.0 Å². The Labute approximate surface area is 292 Å². The highest BCUT2D eigenvalue weighted by molar-refractivity contribution is 5.87. The van der Waals surface area contributed by atoms with E-state index in [1.807, 2.05) is 0 Å². The van der Waals surface area contributed by atoms with Crippen molar-refractivity contribution in [3.63, 3.8) is 0 Å². The van der Waals surface area contributed by atoms with Crippen LogP contribution in [-0.2, 0) is 43.0 Å². The molecular formula is C35H62N3O11. The van der Waals surface area contributed by atoms with Crippen LogP contribution in [0.1, 0.15) is 128 Å². The van der Waals surface area contributed by atoms with Crippen LogP contribution >= 0.6 is 0 Å². The van der Waals surface area contributed by atoms with Crippen molar-refractivity contribution in [3.8, 4) is 0 Å². The molecule has 0 fully saturated rings. The molecule has 0 aromatic carbocycles. The summed E-state index contributed by atoms with van der Waals surface area (Å²) in [6, 6.07) is -1.18. The summed E-state index contributed by atoms with van der Waals surface area (Å²) in [5, 5.41) is 25.6. The fraction of sp³-hybridized carbons (Fsp3) is 0.829. The first-order valence-corrected chi connectivity index (χ1v) is 18.1. The standard InChI is InChI=1S/C35H62N3O11/c39-23-13-16-30(35(45)46)38-33(42)20-19-32(41)37-22-15-25-48-27-29-49-28-26-47-24-14-21-36-31(40)17-11-9-7-5-3-1-2-4-6-8-10-12-18-34(43)44/h30H,1-22,24-29H2,(H,36,40)(H,37,41)(H,38,42)(H,43,44)(H,45,46). The van der Waals surface area contributed by atoms with Gasteiger partial charge in [-0.1, -0.05) is 64.2 Å². The number of carboxylic acids is 2. The molecule has 283 valence electrons. The summed E-state index contributed by atoms with van der Waals surface area (Å²) in [5.41, 5.74) is 0. The van der Waals surface area contributed by atoms with Gasteiger partial charge in [-0.05, 0) is 32.1 Å². The molecule has 14 nitrogen and oxygen atoms in total. The molecule has 5 N–H and O–H groups in total. The van der Waals surface area contributed by atoms with Crippen molar-refractivity contribution in [1.29, 1.82) is 0 Å². The van der Waals surface area contributed by atoms with Gasteiger partial charge in [0.15, 0.2) is 6.29 Å². The van der Waals surface area contributed by atoms with Crippen molar-refractivity contribution in [3.05, 3.63) is 0 Å². The Bertz CT molecular complexity index is 889. The van der Waals surface area contributed by atoms with E-state index >= 15 is 0 Å². The number of carboxylic acid groups (broad SMARTS) is 2. The second-order valence-corrected chi connectivity index (χ2v) is 12.0. The highest BCUT2D eigenvalue weighted by Gasteiger charge is 2.19. The van der Waals surface area contributed by atoms with Crippen molar-refractivity contribution < 1.29 is 53.2 Å². The Balaban J connectivity index is 3.37. The number of amides is 3. The van der Waals surface area contributed by atoms with Crippen molar-refractivity contribution in [2.24, 2.45) is 0 Å². The highest BCUT2D eigenvalue weighted by atomic mass is 16.5. The number of ether oxygens (including phenoxy) is 3. The van der Waals surface area contributed by atoms with E-state index in [1.165, 1.54) is 44.9 Å². The number of carbonyl (C=O) groups excluding carboxylic acids is 4. The smallest absolute Gasteiger partial charge is 0.326 e. The van der Waals surface area contributed by atoms with Crippen LogP contribution in [0, 0.1) is 0 Å². The molecule has 0 aliphatic heterocycles. The Morgan fingerprint density at radius 1 is 0.510 bits per heavy atom. The normalized spacial score (nSPS) is 11.5. The van der Waals surface area contributed by atoms with E-state index in [0.717, 1.165) is 38.5 Å². The zero-order valence-corrected chi connectivity index (χ0v) is 29.4. The summed E-state index contributed by atoms with van der Waals surface area (Å²) in [4.78, 5) is 67.5. The first kappa shape index (κ1) is 45.9. The highest BCUT2D eigenvalue weighted by Crippen LogP contribution is 2.13. The first-order valence-electron chi connectivity index (χ1n) is 18.1. The van der Waals surface area contributed by atoms with E-state index in [0.29, 0.717) is 65.6 Å². The minimum absolute atomic E-state index is 0.0508. The van der Waals surface area contributed by atoms with Gasteiger partial charge in [0.1, 0.15) is 6.04 Å². The van der Waals surface area contributed by atoms with Crippen molar-refractivity contribution >= 4 is 35.9 Å². The minimum atomic E-state index is -1.24. The van der Waals surface area contributed by atoms with Gasteiger partial charge in [-0.25, -0.2) is 4.79 Å². The molecule has 0 saturated heterocycles. The van der Waals surface area contributed by atoms with Gasteiger partial charge in [0.25, 0.3) is 0 Å². The third kappa shape index (κ3) is 34.6. The fourth-order valence-corrected chi connectivity index (χ4v) is 4.81. The summed E-state index contributed by atoms with van der Waals surface area (Å²) < 4.78 is 16.4. The van der Waals surface area contributed by atoms with Gasteiger partial charge >= 0.3 is 11.9 Å². The molecular weight excluding hydrogens is 638 g/mol. The predicted molar refractivity (Wildman–Crippen MR) is 184 cm³/mol. The van der Waals surface area contributed by atoms with Gasteiger partial charge in [-0.15, -0.1) is 0 Å². The van der Waals surface area contributed by atoms with Crippen LogP contribution in [0.3, 0.4) is 0 Å². The molecule has 0 spiro atoms. The van der Waals surface area contributed by atoms with Gasteiger partial charge in [0.05, 0.1) is 26.4 Å². The van der Waals surface area contributed by atoms with E-state index in [1.54, 1.807) is 6.29 Å². The second-order valence-electron chi connectivity index (χ2n) is 12.0. The van der Waals surface area contributed by atoms with Gasteiger partial charge in [0.2, 0.25) is 17.7 Å². The lowest BCUT2D eigenvalue weighted by molar-refractivity contribution is -0.142. The summed E-state index contributed by atoms with van der Waals surface area (Å²) in [5.74, 6) is -2.75. The zero-order chi connectivity index (χ0) is 36.2. The van der Waals surface area contributed by atoms with Gasteiger partial charge in [-0.3, -0.25) is 24.0 Å². The van der Waals surface area contributed by atoms with E-state index in [9.17, 15) is 28.8 Å². The lowest BCUT2D eigenvalue weighted by Gasteiger charge is -2.13. The Morgan fingerprint density at radius 3 is 1.37 bits per heavy atom. The maximum atomic E-state index is 12.0. The van der Waals surface area contributed by atoms with Crippen LogP contribution in [0.25, 0.3) is 0 Å². The van der Waals surface area contributed by atoms with Gasteiger partial charge < -0.3 is 40.4 Å². The first-order chi connectivity index (χ1) is 23.8. The molecule has 14 heteroatoms. The largest absolute Gasteiger partial charge is 0.481 e. The average Bonchev–Trinajstić information content (AvgIpc) is 3.07. The zero-order valence-electron chi connectivity index (χ0n) is 29.4. The molecule has 3 amide bonds. The molecule has 0 aliphatic rings. The lowest BCUT2D eigenvalue weighted by atomic mass is 10.0. The Morgan fingerprint density at radius 2 is 0.918 bits per heavy atom. The number of aliphatic carboxylic acids is 2. The van der Waals surface area contributed by atoms with E-state index in [-0.39, 0.29) is 43.9 Å². The summed E-state index contributed by atoms with van der Waals surface area (Å²) >= 11 is 0. The molecule has 0 aromatic heterocycles. The van der Waals surface area contributed by atoms with Crippen molar-refractivity contribution in [2.45, 2.75) is 134 Å². The molecule has 0 heterocycles. The molecule has 0 aliphatic carbocycles. The second kappa shape index (κ2) is 34.8. The van der Waals surface area contributed by atoms with Crippen LogP contribution in [0.15, 0.2) is 0 Å². The number of carbonyl (C=O) groups is 5. The number of rotatable bonds is 37. The number of hydrogen-bond donors (Lipinski definition) is 5. The van der Waals surface area contributed by atoms with E-state index < -0.39 is 23.9 Å². The third-order valence-corrected chi connectivity index (χ3v) is 7.61. The maximum Gasteiger partial charge on any atom is 0.326 e. The summed E-state index contributed by atoms with van der Waals surface area (Å²) in [6.45, 7) is 3.69. The number of nitrogens with one attached hydrogen (secondary N) is 3. The quantitative estimate of drug-likeness (QED) is 0.0589. The van der Waals surface area contributed by atoms with Gasteiger partial charge in [0, 0.05) is 58.4 Å². The van der Waals surface area contributed by atoms with E-state index in [2.05, 4.69) is 16.0 Å². The summed E-state index contributed by atoms with van der Waals surface area (Å²) in [6.07, 6.45) is 16.9. The van der Waals surface area contributed by atoms with Crippen LogP contribution in [0.5, 0.6) is 0 Å². The molecule has 49 heavy (non-hydrogen) atoms. The third-order valence-electron chi connectivity index (χ3n) is 7.61. The molecule has 0 aromatic rings. The molecule has 0 saturated carbocycles. The fourth-order valence-electron chi connectivity index (χ4n) is 4.81. The maximum absolute atomic E-state index is 12.0. The minimum Gasteiger partial charge on any atom is -0.481 e. The summed E-state index contributed by atoms with van der Waals surface area (Å²) in [7, 11) is 0. The molecule has 1 radical (unpaired) electrons. The van der Waals surface area contributed by atoms with Gasteiger partial charge in [-0.2, -0.15) is 0 Å². The monoisotopic (exact) mass is 700 g/mol. The van der Waals surface area contributed by atoms with Crippen LogP contribution in [0.4, 0.5) is 0 Å². The molecule has 0 rings (SSSR count). The van der Waals surface area contributed by atoms with E-state index in [4.69, 9.17) is 24.4 Å². The number of hydrogen-bond acceptors (Lipinski definition) is 9. The SMILES string of the molecule is O=[C]CCC(NC(=O)CCC(=O)NCCCOCCOCCOCCCNC(=O)CCCCCCCCCCCCCCC(=O)O)C(=O)O. The van der Waals surface area contributed by atoms with Crippen LogP contribution < -0.4 is 16.0 Å². The molecule has 1 unspecified atom stereocenters. The number of unbranched alkanes of at least 4 members (excludes halogenated alkanes) is 11. The average molecular weight is 701 g/mol. The van der Waals surface area contributed by atoms with Crippen LogP contribution in [0.2, 0.25) is 0 Å². The molecule has 1 atom stereocenters. The Kier molecular flexibility index (Phi) is 32.6. The van der Waals surface area contributed by atoms with Crippen molar-refractivity contribution in [2.75, 3.05) is 52.7 Å². The molecule has 0 bridgehead atoms. The lowest BCUT2D eigenvalue weighted by Crippen LogP contribution is -2.41. The topological polar surface area (TPSA) is 207 Å². The Hall–Kier alpha value is -3.10.